The van der Waals surface area contributed by atoms with Gasteiger partial charge in [-0.2, -0.15) is 10.1 Å². The molecule has 0 N–H and O–H groups in total. The fraction of sp³-hybridized carbons (Fsp3) is 0.222. The Morgan fingerprint density at radius 3 is 2.88 bits per heavy atom. The second kappa shape index (κ2) is 4.23. The molecule has 2 aromatic heterocycles. The Hall–Kier alpha value is -1.40. The average Bonchev–Trinajstić information content (AvgIpc) is 2.83. The monoisotopic (exact) mass is 257 g/mol. The Balaban J connectivity index is 2.53. The van der Waals surface area contributed by atoms with E-state index in [-0.39, 0.29) is 0 Å². The van der Waals surface area contributed by atoms with E-state index in [1.807, 2.05) is 0 Å². The van der Waals surface area contributed by atoms with Gasteiger partial charge in [0.1, 0.15) is 4.88 Å². The van der Waals surface area contributed by atoms with Crippen LogP contribution in [0.3, 0.4) is 0 Å². The maximum atomic E-state index is 10.9. The number of halogens is 1. The molecule has 0 amide bonds. The van der Waals surface area contributed by atoms with E-state index < -0.39 is 0 Å². The summed E-state index contributed by atoms with van der Waals surface area (Å²) in [6.07, 6.45) is 2.33. The molecule has 0 aliphatic carbocycles. The number of carbonyl (C=O) groups is 1. The number of aldehydes is 1. The minimum atomic E-state index is 0.418. The lowest BCUT2D eigenvalue weighted by Crippen LogP contribution is -1.98. The van der Waals surface area contributed by atoms with Gasteiger partial charge in [0.15, 0.2) is 12.1 Å². The molecule has 0 saturated carbocycles. The quantitative estimate of drug-likeness (QED) is 0.791. The first-order valence-electron chi connectivity index (χ1n) is 4.38. The number of thiazole rings is 1. The van der Waals surface area contributed by atoms with E-state index in [9.17, 15) is 4.79 Å². The smallest absolute Gasteiger partial charge is 0.275 e. The molecule has 0 unspecified atom stereocenters. The van der Waals surface area contributed by atoms with Gasteiger partial charge in [0, 0.05) is 0 Å². The minimum absolute atomic E-state index is 0.418. The molecule has 0 saturated heterocycles. The molecule has 0 fully saturated rings. The van der Waals surface area contributed by atoms with E-state index in [4.69, 9.17) is 16.3 Å². The van der Waals surface area contributed by atoms with Crippen molar-refractivity contribution in [1.82, 2.24) is 14.8 Å². The molecule has 0 aliphatic rings. The van der Waals surface area contributed by atoms with Crippen LogP contribution >= 0.6 is 22.9 Å². The van der Waals surface area contributed by atoms with Gasteiger partial charge in [-0.25, -0.2) is 4.68 Å². The van der Waals surface area contributed by atoms with Crippen molar-refractivity contribution in [1.29, 1.82) is 0 Å². The number of rotatable bonds is 3. The molecular weight excluding hydrogens is 250 g/mol. The predicted octanol–water partition coefficient (Wildman–Crippen LogP) is 2.11. The lowest BCUT2D eigenvalue weighted by molar-refractivity contribution is 0.112. The number of carbonyl (C=O) groups excluding carboxylic acids is 1. The lowest BCUT2D eigenvalue weighted by Gasteiger charge is -1.95. The van der Waals surface area contributed by atoms with Gasteiger partial charge in [0.25, 0.3) is 5.19 Å². The summed E-state index contributed by atoms with van der Waals surface area (Å²) in [6.45, 7) is 1.78. The Morgan fingerprint density at radius 2 is 2.38 bits per heavy atom. The second-order valence-electron chi connectivity index (χ2n) is 3.00. The van der Waals surface area contributed by atoms with Crippen molar-refractivity contribution in [2.75, 3.05) is 7.11 Å². The number of aryl methyl sites for hydroxylation is 1. The standard InChI is InChI=1S/C9H8ClN3O2S/c1-5-6(10)3-13(12-5)8-7(4-14)16-9(11-8)15-2/h3-4H,1-2H3. The Morgan fingerprint density at radius 1 is 1.62 bits per heavy atom. The molecule has 0 bridgehead atoms. The largest absolute Gasteiger partial charge is 0.473 e. The molecule has 84 valence electrons. The molecule has 2 aromatic rings. The molecule has 0 radical (unpaired) electrons. The van der Waals surface area contributed by atoms with Gasteiger partial charge in [-0.15, -0.1) is 0 Å². The van der Waals surface area contributed by atoms with E-state index in [0.29, 0.717) is 26.6 Å². The molecule has 2 rings (SSSR count). The maximum Gasteiger partial charge on any atom is 0.275 e. The second-order valence-corrected chi connectivity index (χ2v) is 4.40. The minimum Gasteiger partial charge on any atom is -0.473 e. The summed E-state index contributed by atoms with van der Waals surface area (Å²) in [5.41, 5.74) is 0.686. The third kappa shape index (κ3) is 1.81. The summed E-state index contributed by atoms with van der Waals surface area (Å²) in [4.78, 5) is 15.4. The number of nitrogens with zero attached hydrogens (tertiary/aromatic N) is 3. The normalized spacial score (nSPS) is 10.4. The topological polar surface area (TPSA) is 57.0 Å². The fourth-order valence-corrected chi connectivity index (χ4v) is 1.99. The predicted molar refractivity (Wildman–Crippen MR) is 60.9 cm³/mol. The van der Waals surface area contributed by atoms with E-state index >= 15 is 0 Å². The van der Waals surface area contributed by atoms with Crippen LogP contribution in [-0.4, -0.2) is 28.2 Å². The molecule has 7 heteroatoms. The molecule has 0 atom stereocenters. The zero-order valence-corrected chi connectivity index (χ0v) is 10.2. The van der Waals surface area contributed by atoms with Crippen LogP contribution in [0.2, 0.25) is 5.02 Å². The molecular formula is C9H8ClN3O2S. The highest BCUT2D eigenvalue weighted by molar-refractivity contribution is 7.15. The summed E-state index contributed by atoms with van der Waals surface area (Å²) < 4.78 is 6.44. The fourth-order valence-electron chi connectivity index (χ4n) is 1.18. The van der Waals surface area contributed by atoms with Crippen molar-refractivity contribution in [2.24, 2.45) is 0 Å². The average molecular weight is 258 g/mol. The SMILES string of the molecule is COc1nc(-n2cc(Cl)c(C)n2)c(C=O)s1. The highest BCUT2D eigenvalue weighted by atomic mass is 35.5. The van der Waals surface area contributed by atoms with Gasteiger partial charge in [0.2, 0.25) is 0 Å². The summed E-state index contributed by atoms with van der Waals surface area (Å²) >= 11 is 7.05. The Labute approximate surface area is 101 Å². The van der Waals surface area contributed by atoms with Crippen LogP contribution in [0.5, 0.6) is 5.19 Å². The molecule has 0 aliphatic heterocycles. The zero-order chi connectivity index (χ0) is 11.7. The van der Waals surface area contributed by atoms with Crippen molar-refractivity contribution in [3.05, 3.63) is 21.8 Å². The van der Waals surface area contributed by atoms with E-state index in [2.05, 4.69) is 10.1 Å². The van der Waals surface area contributed by atoms with Crippen LogP contribution in [0.25, 0.3) is 5.82 Å². The molecule has 0 spiro atoms. The summed E-state index contributed by atoms with van der Waals surface area (Å²) in [6, 6.07) is 0. The van der Waals surface area contributed by atoms with Crippen LogP contribution in [0.4, 0.5) is 0 Å². The van der Waals surface area contributed by atoms with Gasteiger partial charge in [0.05, 0.1) is 24.0 Å². The van der Waals surface area contributed by atoms with E-state index in [1.54, 1.807) is 13.1 Å². The van der Waals surface area contributed by atoms with Gasteiger partial charge < -0.3 is 4.74 Å². The van der Waals surface area contributed by atoms with Crippen LogP contribution < -0.4 is 4.74 Å². The van der Waals surface area contributed by atoms with Crippen LogP contribution in [0, 0.1) is 6.92 Å². The number of aromatic nitrogens is 3. The van der Waals surface area contributed by atoms with Crippen LogP contribution in [0.1, 0.15) is 15.4 Å². The number of methoxy groups -OCH3 is 1. The number of hydrogen-bond donors (Lipinski definition) is 0. The van der Waals surface area contributed by atoms with Crippen LogP contribution in [-0.2, 0) is 0 Å². The maximum absolute atomic E-state index is 10.9. The van der Waals surface area contributed by atoms with E-state index in [0.717, 1.165) is 17.6 Å². The van der Waals surface area contributed by atoms with Gasteiger partial charge in [-0.05, 0) is 6.92 Å². The third-order valence-electron chi connectivity index (χ3n) is 1.95. The highest BCUT2D eigenvalue weighted by Gasteiger charge is 2.14. The van der Waals surface area contributed by atoms with Crippen molar-refractivity contribution < 1.29 is 9.53 Å². The van der Waals surface area contributed by atoms with Gasteiger partial charge in [-0.1, -0.05) is 22.9 Å². The molecule has 0 aromatic carbocycles. The number of hydrogen-bond acceptors (Lipinski definition) is 5. The molecule has 16 heavy (non-hydrogen) atoms. The van der Waals surface area contributed by atoms with Crippen molar-refractivity contribution in [2.45, 2.75) is 6.92 Å². The Kier molecular flexibility index (Phi) is 2.93. The van der Waals surface area contributed by atoms with E-state index in [1.165, 1.54) is 11.8 Å². The first-order chi connectivity index (χ1) is 7.65. The Bertz CT molecular complexity index is 515. The van der Waals surface area contributed by atoms with Crippen molar-refractivity contribution in [3.63, 3.8) is 0 Å². The highest BCUT2D eigenvalue weighted by Crippen LogP contribution is 2.26. The summed E-state index contributed by atoms with van der Waals surface area (Å²) in [7, 11) is 1.50. The van der Waals surface area contributed by atoms with Gasteiger partial charge >= 0.3 is 0 Å². The first kappa shape index (κ1) is 11.1. The zero-order valence-electron chi connectivity index (χ0n) is 8.60. The third-order valence-corrected chi connectivity index (χ3v) is 3.25. The number of ether oxygens (including phenoxy) is 1. The van der Waals surface area contributed by atoms with Crippen molar-refractivity contribution >= 4 is 29.2 Å². The summed E-state index contributed by atoms with van der Waals surface area (Å²) in [5, 5.41) is 5.10. The summed E-state index contributed by atoms with van der Waals surface area (Å²) in [5.74, 6) is 0.437. The van der Waals surface area contributed by atoms with Crippen LogP contribution in [0.15, 0.2) is 6.20 Å². The first-order valence-corrected chi connectivity index (χ1v) is 5.57. The molecule has 5 nitrogen and oxygen atoms in total. The lowest BCUT2D eigenvalue weighted by atomic mass is 10.5. The van der Waals surface area contributed by atoms with Crippen molar-refractivity contribution in [3.8, 4) is 11.0 Å². The molecule has 2 heterocycles. The van der Waals surface area contributed by atoms with Gasteiger partial charge in [-0.3, -0.25) is 4.79 Å².